The van der Waals surface area contributed by atoms with Crippen LogP contribution in [0.3, 0.4) is 0 Å². The third-order valence-corrected chi connectivity index (χ3v) is 7.97. The number of nitrogens with one attached hydrogen (secondary N) is 2. The van der Waals surface area contributed by atoms with Crippen molar-refractivity contribution in [2.75, 3.05) is 26.2 Å². The summed E-state index contributed by atoms with van der Waals surface area (Å²) in [4.78, 5) is 37.2. The molecular formula is C31H39N5O4. The molecule has 0 aliphatic carbocycles. The maximum atomic E-state index is 13.1. The average Bonchev–Trinajstić information content (AvgIpc) is 3.61. The Labute approximate surface area is 235 Å². The Morgan fingerprint density at radius 2 is 1.75 bits per heavy atom. The lowest BCUT2D eigenvalue weighted by molar-refractivity contribution is -0.148. The molecule has 0 radical (unpaired) electrons. The molecule has 1 aromatic heterocycles. The van der Waals surface area contributed by atoms with Crippen LogP contribution in [0.2, 0.25) is 0 Å². The van der Waals surface area contributed by atoms with Crippen LogP contribution in [0.1, 0.15) is 48.7 Å². The first-order chi connectivity index (χ1) is 19.5. The Morgan fingerprint density at radius 3 is 2.45 bits per heavy atom. The summed E-state index contributed by atoms with van der Waals surface area (Å²) in [5.74, 6) is 0.580. The number of piperidine rings is 1. The molecule has 2 aliphatic rings. The minimum absolute atomic E-state index is 0.114. The van der Waals surface area contributed by atoms with Crippen LogP contribution in [-0.2, 0) is 40.5 Å². The van der Waals surface area contributed by atoms with E-state index < -0.39 is 6.09 Å². The third kappa shape index (κ3) is 7.08. The molecule has 9 nitrogen and oxygen atoms in total. The summed E-state index contributed by atoms with van der Waals surface area (Å²) in [7, 11) is 0. The summed E-state index contributed by atoms with van der Waals surface area (Å²) < 4.78 is 11.1. The van der Waals surface area contributed by atoms with Gasteiger partial charge in [-0.3, -0.25) is 14.6 Å². The standard InChI is InChI=1S/C31H39N5O4/c1-2-39-29(37)27-18-31(12-14-32-15-13-31)23-36(27)20-25-10-8-24(9-11-25)19-35(21-28-33-16-17-34-28)30(38)40-22-26-6-4-3-5-7-26/h3-11,16-17,27,32H,2,12-15,18-23H2,1H3,(H,33,34). The molecule has 5 rings (SSSR count). The van der Waals surface area contributed by atoms with E-state index in [1.165, 1.54) is 0 Å². The Morgan fingerprint density at radius 1 is 1.00 bits per heavy atom. The van der Waals surface area contributed by atoms with Crippen molar-refractivity contribution in [3.05, 3.63) is 89.5 Å². The number of hydrogen-bond donors (Lipinski definition) is 2. The summed E-state index contributed by atoms with van der Waals surface area (Å²) >= 11 is 0. The monoisotopic (exact) mass is 545 g/mol. The van der Waals surface area contributed by atoms with Crippen LogP contribution in [0.15, 0.2) is 67.0 Å². The smallest absolute Gasteiger partial charge is 0.410 e. The molecule has 3 aromatic rings. The van der Waals surface area contributed by atoms with Gasteiger partial charge in [-0.25, -0.2) is 9.78 Å². The predicted octanol–water partition coefficient (Wildman–Crippen LogP) is 4.26. The van der Waals surface area contributed by atoms with Crippen LogP contribution in [-0.4, -0.2) is 64.1 Å². The van der Waals surface area contributed by atoms with Crippen molar-refractivity contribution in [1.29, 1.82) is 0 Å². The van der Waals surface area contributed by atoms with Crippen molar-refractivity contribution in [1.82, 2.24) is 25.1 Å². The molecule has 2 aromatic carbocycles. The highest BCUT2D eigenvalue weighted by Gasteiger charge is 2.47. The van der Waals surface area contributed by atoms with E-state index >= 15 is 0 Å². The molecule has 3 heterocycles. The Hall–Kier alpha value is -3.69. The first-order valence-corrected chi connectivity index (χ1v) is 14.2. The first-order valence-electron chi connectivity index (χ1n) is 14.2. The lowest BCUT2D eigenvalue weighted by Gasteiger charge is -2.33. The second-order valence-corrected chi connectivity index (χ2v) is 10.9. The number of ether oxygens (including phenoxy) is 2. The van der Waals surface area contributed by atoms with Gasteiger partial charge < -0.3 is 19.8 Å². The van der Waals surface area contributed by atoms with Crippen LogP contribution < -0.4 is 5.32 Å². The van der Waals surface area contributed by atoms with Gasteiger partial charge in [-0.05, 0) is 61.4 Å². The topological polar surface area (TPSA) is 99.8 Å². The van der Waals surface area contributed by atoms with E-state index in [1.807, 2.05) is 49.4 Å². The molecule has 1 unspecified atom stereocenters. The highest BCUT2D eigenvalue weighted by atomic mass is 16.6. The van der Waals surface area contributed by atoms with E-state index in [2.05, 4.69) is 32.3 Å². The molecule has 2 aliphatic heterocycles. The number of aromatic nitrogens is 2. The number of rotatable bonds is 10. The van der Waals surface area contributed by atoms with Gasteiger partial charge in [-0.15, -0.1) is 0 Å². The Bertz CT molecular complexity index is 1230. The van der Waals surface area contributed by atoms with Gasteiger partial charge in [-0.1, -0.05) is 54.6 Å². The predicted molar refractivity (Wildman–Crippen MR) is 151 cm³/mol. The molecule has 0 saturated carbocycles. The van der Waals surface area contributed by atoms with Crippen LogP contribution >= 0.6 is 0 Å². The summed E-state index contributed by atoms with van der Waals surface area (Å²) in [5.41, 5.74) is 3.24. The minimum Gasteiger partial charge on any atom is -0.465 e. The van der Waals surface area contributed by atoms with Crippen LogP contribution in [0.5, 0.6) is 0 Å². The molecule has 2 N–H and O–H groups in total. The van der Waals surface area contributed by atoms with Crippen molar-refractivity contribution < 1.29 is 19.1 Å². The maximum Gasteiger partial charge on any atom is 0.410 e. The molecule has 0 bridgehead atoms. The van der Waals surface area contributed by atoms with Crippen LogP contribution in [0, 0.1) is 5.41 Å². The molecular weight excluding hydrogens is 506 g/mol. The van der Waals surface area contributed by atoms with E-state index in [1.54, 1.807) is 17.3 Å². The molecule has 212 valence electrons. The summed E-state index contributed by atoms with van der Waals surface area (Å²) in [6.07, 6.45) is 6.05. The highest BCUT2D eigenvalue weighted by Crippen LogP contribution is 2.43. The molecule has 9 heteroatoms. The van der Waals surface area contributed by atoms with E-state index in [0.717, 1.165) is 55.6 Å². The largest absolute Gasteiger partial charge is 0.465 e. The molecule has 1 amide bonds. The van der Waals surface area contributed by atoms with Gasteiger partial charge >= 0.3 is 12.1 Å². The maximum absolute atomic E-state index is 13.1. The fraction of sp³-hybridized carbons (Fsp3) is 0.452. The summed E-state index contributed by atoms with van der Waals surface area (Å²) in [6, 6.07) is 17.7. The number of nitrogens with zero attached hydrogens (tertiary/aromatic N) is 3. The third-order valence-electron chi connectivity index (χ3n) is 7.97. The molecule has 2 saturated heterocycles. The number of aromatic amines is 1. The highest BCUT2D eigenvalue weighted by molar-refractivity contribution is 5.76. The molecule has 1 spiro atoms. The first kappa shape index (κ1) is 27.9. The number of esters is 1. The van der Waals surface area contributed by atoms with Gasteiger partial charge in [0.1, 0.15) is 18.5 Å². The van der Waals surface area contributed by atoms with Gasteiger partial charge in [0, 0.05) is 32.0 Å². The second-order valence-electron chi connectivity index (χ2n) is 10.9. The normalized spacial score (nSPS) is 18.5. The fourth-order valence-corrected chi connectivity index (χ4v) is 5.87. The molecule has 40 heavy (non-hydrogen) atoms. The number of H-pyrrole nitrogens is 1. The van der Waals surface area contributed by atoms with Crippen LogP contribution in [0.4, 0.5) is 4.79 Å². The number of carbonyl (C=O) groups excluding carboxylic acids is 2. The van der Waals surface area contributed by atoms with Gasteiger partial charge in [0.25, 0.3) is 0 Å². The minimum atomic E-state index is -0.397. The van der Waals surface area contributed by atoms with E-state index in [-0.39, 0.29) is 24.0 Å². The lowest BCUT2D eigenvalue weighted by atomic mass is 9.77. The SMILES string of the molecule is CCOC(=O)C1CC2(CCNCC2)CN1Cc1ccc(CN(Cc2ncc[nH]2)C(=O)OCc2ccccc2)cc1. The zero-order valence-electron chi connectivity index (χ0n) is 23.2. The number of amides is 1. The summed E-state index contributed by atoms with van der Waals surface area (Å²) in [6.45, 7) is 6.77. The van der Waals surface area contributed by atoms with E-state index in [9.17, 15) is 9.59 Å². The number of hydrogen-bond acceptors (Lipinski definition) is 7. The van der Waals surface area contributed by atoms with Crippen LogP contribution in [0.25, 0.3) is 0 Å². The Kier molecular flexibility index (Phi) is 9.13. The number of likely N-dealkylation sites (tertiary alicyclic amines) is 1. The molecule has 2 fully saturated rings. The second kappa shape index (κ2) is 13.1. The Balaban J connectivity index is 1.24. The average molecular weight is 546 g/mol. The zero-order valence-corrected chi connectivity index (χ0v) is 23.2. The van der Waals surface area contributed by atoms with Gasteiger partial charge in [0.2, 0.25) is 0 Å². The van der Waals surface area contributed by atoms with Gasteiger partial charge in [0.05, 0.1) is 13.2 Å². The van der Waals surface area contributed by atoms with Crippen molar-refractivity contribution in [3.8, 4) is 0 Å². The van der Waals surface area contributed by atoms with E-state index in [4.69, 9.17) is 9.47 Å². The number of carbonyl (C=O) groups is 2. The van der Waals surface area contributed by atoms with Gasteiger partial charge in [-0.2, -0.15) is 0 Å². The zero-order chi connectivity index (χ0) is 27.8. The van der Waals surface area contributed by atoms with E-state index in [0.29, 0.717) is 32.1 Å². The lowest BCUT2D eigenvalue weighted by Crippen LogP contribution is -2.38. The van der Waals surface area contributed by atoms with Crippen molar-refractivity contribution >= 4 is 12.1 Å². The van der Waals surface area contributed by atoms with Crippen molar-refractivity contribution in [3.63, 3.8) is 0 Å². The fourth-order valence-electron chi connectivity index (χ4n) is 5.87. The molecule has 1 atom stereocenters. The van der Waals surface area contributed by atoms with Gasteiger partial charge in [0.15, 0.2) is 0 Å². The van der Waals surface area contributed by atoms with Crippen molar-refractivity contribution in [2.45, 2.75) is 58.5 Å². The number of imidazole rings is 1. The quantitative estimate of drug-likeness (QED) is 0.367. The number of benzene rings is 2. The van der Waals surface area contributed by atoms with Crippen molar-refractivity contribution in [2.24, 2.45) is 5.41 Å². The summed E-state index contributed by atoms with van der Waals surface area (Å²) in [5, 5.41) is 3.45.